The largest absolute Gasteiger partial charge is 0.438 e. The molecule has 0 unspecified atom stereocenters. The van der Waals surface area contributed by atoms with Gasteiger partial charge in [0.2, 0.25) is 5.88 Å². The van der Waals surface area contributed by atoms with Gasteiger partial charge in [0.1, 0.15) is 16.9 Å². The van der Waals surface area contributed by atoms with E-state index in [9.17, 15) is 0 Å². The van der Waals surface area contributed by atoms with E-state index in [1.54, 1.807) is 17.7 Å². The van der Waals surface area contributed by atoms with Crippen LogP contribution in [0, 0.1) is 0 Å². The highest BCUT2D eigenvalue weighted by Crippen LogP contribution is 2.41. The van der Waals surface area contributed by atoms with Gasteiger partial charge in [0.05, 0.1) is 5.39 Å². The Labute approximate surface area is 133 Å². The normalized spacial score (nSPS) is 16.0. The van der Waals surface area contributed by atoms with E-state index in [0.717, 1.165) is 28.3 Å². The van der Waals surface area contributed by atoms with Gasteiger partial charge < -0.3 is 4.74 Å². The molecule has 0 spiro atoms. The first-order valence-corrected chi connectivity index (χ1v) is 8.75. The highest BCUT2D eigenvalue weighted by Gasteiger charge is 2.22. The maximum atomic E-state index is 6.16. The number of aryl methyl sites for hydroxylation is 4. The van der Waals surface area contributed by atoms with E-state index in [1.165, 1.54) is 53.7 Å². The summed E-state index contributed by atoms with van der Waals surface area (Å²) in [6.07, 6.45) is 8.79. The molecule has 2 aliphatic rings. The summed E-state index contributed by atoms with van der Waals surface area (Å²) in [6.45, 7) is 0. The van der Waals surface area contributed by atoms with Crippen LogP contribution in [0.4, 0.5) is 0 Å². The predicted octanol–water partition coefficient (Wildman–Crippen LogP) is 4.46. The molecule has 0 amide bonds. The Kier molecular flexibility index (Phi) is 2.74. The van der Waals surface area contributed by atoms with E-state index < -0.39 is 0 Å². The summed E-state index contributed by atoms with van der Waals surface area (Å²) in [5, 5.41) is 1.14. The molecule has 2 heterocycles. The molecule has 5 rings (SSSR count). The van der Waals surface area contributed by atoms with E-state index in [0.29, 0.717) is 0 Å². The molecule has 4 heteroatoms. The Morgan fingerprint density at radius 2 is 1.86 bits per heavy atom. The third-order valence-corrected chi connectivity index (χ3v) is 5.95. The molecule has 0 aliphatic heterocycles. The smallest absolute Gasteiger partial charge is 0.231 e. The average molecular weight is 308 g/mol. The van der Waals surface area contributed by atoms with Crippen molar-refractivity contribution in [3.63, 3.8) is 0 Å². The molecule has 2 aliphatic carbocycles. The maximum absolute atomic E-state index is 6.16. The van der Waals surface area contributed by atoms with E-state index in [2.05, 4.69) is 28.2 Å². The molecule has 0 fully saturated rings. The van der Waals surface area contributed by atoms with Gasteiger partial charge in [-0.05, 0) is 67.3 Å². The summed E-state index contributed by atoms with van der Waals surface area (Å²) in [4.78, 5) is 11.4. The monoisotopic (exact) mass is 308 g/mol. The number of benzene rings is 1. The van der Waals surface area contributed by atoms with Crippen molar-refractivity contribution in [2.45, 2.75) is 38.5 Å². The van der Waals surface area contributed by atoms with Gasteiger partial charge in [-0.15, -0.1) is 11.3 Å². The van der Waals surface area contributed by atoms with Crippen LogP contribution in [-0.2, 0) is 25.7 Å². The lowest BCUT2D eigenvalue weighted by Crippen LogP contribution is -1.92. The Morgan fingerprint density at radius 3 is 2.86 bits per heavy atom. The second-order valence-electron chi connectivity index (χ2n) is 6.10. The summed E-state index contributed by atoms with van der Waals surface area (Å²) in [6, 6.07) is 6.46. The summed E-state index contributed by atoms with van der Waals surface area (Å²) < 4.78 is 6.16. The minimum Gasteiger partial charge on any atom is -0.438 e. The molecule has 1 aromatic carbocycles. The fraction of sp³-hybridized carbons (Fsp3) is 0.333. The van der Waals surface area contributed by atoms with Gasteiger partial charge in [0.25, 0.3) is 0 Å². The van der Waals surface area contributed by atoms with Crippen LogP contribution in [0.5, 0.6) is 11.6 Å². The van der Waals surface area contributed by atoms with Crippen LogP contribution < -0.4 is 4.74 Å². The number of thiophene rings is 1. The standard InChI is InChI=1S/C18H16N2OS/c1-3-11-7-8-13(9-12(11)4-1)21-17-16-14-5-2-6-15(14)22-18(16)20-10-19-17/h7-10H,1-6H2. The number of hydrogen-bond acceptors (Lipinski definition) is 4. The Hall–Kier alpha value is -1.94. The van der Waals surface area contributed by atoms with E-state index in [1.807, 2.05) is 0 Å². The van der Waals surface area contributed by atoms with Crippen LogP contribution in [0.2, 0.25) is 0 Å². The van der Waals surface area contributed by atoms with Gasteiger partial charge in [-0.1, -0.05) is 6.07 Å². The molecule has 22 heavy (non-hydrogen) atoms. The molecule has 110 valence electrons. The summed E-state index contributed by atoms with van der Waals surface area (Å²) in [5.41, 5.74) is 4.31. The molecular formula is C18H16N2OS. The molecular weight excluding hydrogens is 292 g/mol. The van der Waals surface area contributed by atoms with Crippen molar-refractivity contribution in [1.29, 1.82) is 0 Å². The first-order chi connectivity index (χ1) is 10.9. The summed E-state index contributed by atoms with van der Waals surface area (Å²) in [7, 11) is 0. The van der Waals surface area contributed by atoms with E-state index in [4.69, 9.17) is 4.74 Å². The fourth-order valence-corrected chi connectivity index (χ4v) is 4.92. The summed E-state index contributed by atoms with van der Waals surface area (Å²) in [5.74, 6) is 1.63. The average Bonchev–Trinajstić information content (AvgIpc) is 3.21. The second-order valence-corrected chi connectivity index (χ2v) is 7.19. The second kappa shape index (κ2) is 4.78. The zero-order valence-electron chi connectivity index (χ0n) is 12.3. The van der Waals surface area contributed by atoms with Crippen LogP contribution in [0.3, 0.4) is 0 Å². The van der Waals surface area contributed by atoms with Crippen molar-refractivity contribution in [1.82, 2.24) is 9.97 Å². The zero-order valence-corrected chi connectivity index (χ0v) is 13.1. The van der Waals surface area contributed by atoms with Crippen molar-refractivity contribution in [3.8, 4) is 11.6 Å². The van der Waals surface area contributed by atoms with Crippen molar-refractivity contribution in [2.24, 2.45) is 0 Å². The number of aromatic nitrogens is 2. The molecule has 0 radical (unpaired) electrons. The quantitative estimate of drug-likeness (QED) is 0.701. The van der Waals surface area contributed by atoms with E-state index >= 15 is 0 Å². The lowest BCUT2D eigenvalue weighted by atomic mass is 10.1. The number of rotatable bonds is 2. The minimum absolute atomic E-state index is 0.724. The van der Waals surface area contributed by atoms with Gasteiger partial charge in [0, 0.05) is 4.88 Å². The predicted molar refractivity (Wildman–Crippen MR) is 88.0 cm³/mol. The van der Waals surface area contributed by atoms with Crippen LogP contribution >= 0.6 is 11.3 Å². The van der Waals surface area contributed by atoms with Crippen LogP contribution in [0.1, 0.15) is 34.4 Å². The molecule has 2 aromatic heterocycles. The molecule has 3 aromatic rings. The van der Waals surface area contributed by atoms with Gasteiger partial charge in [-0.2, -0.15) is 0 Å². The maximum Gasteiger partial charge on any atom is 0.231 e. The van der Waals surface area contributed by atoms with Gasteiger partial charge in [-0.25, -0.2) is 9.97 Å². The Balaban J connectivity index is 1.59. The number of ether oxygens (including phenoxy) is 1. The van der Waals surface area contributed by atoms with Crippen molar-refractivity contribution in [3.05, 3.63) is 46.1 Å². The molecule has 3 nitrogen and oxygen atoms in total. The molecule has 0 saturated carbocycles. The first kappa shape index (κ1) is 12.6. The van der Waals surface area contributed by atoms with Crippen LogP contribution in [0.15, 0.2) is 24.5 Å². The molecule has 0 bridgehead atoms. The number of hydrogen-bond donors (Lipinski definition) is 0. The Morgan fingerprint density at radius 1 is 0.955 bits per heavy atom. The fourth-order valence-electron chi connectivity index (χ4n) is 3.70. The minimum atomic E-state index is 0.724. The van der Waals surface area contributed by atoms with Gasteiger partial charge >= 0.3 is 0 Å². The third kappa shape index (κ3) is 1.87. The third-order valence-electron chi connectivity index (χ3n) is 4.75. The topological polar surface area (TPSA) is 35.0 Å². The number of fused-ring (bicyclic) bond motifs is 4. The van der Waals surface area contributed by atoms with Crippen molar-refractivity contribution in [2.75, 3.05) is 0 Å². The van der Waals surface area contributed by atoms with Crippen LogP contribution in [0.25, 0.3) is 10.2 Å². The number of nitrogens with zero attached hydrogens (tertiary/aromatic N) is 2. The molecule has 0 N–H and O–H groups in total. The van der Waals surface area contributed by atoms with Gasteiger partial charge in [0.15, 0.2) is 0 Å². The van der Waals surface area contributed by atoms with Crippen LogP contribution in [-0.4, -0.2) is 9.97 Å². The van der Waals surface area contributed by atoms with E-state index in [-0.39, 0.29) is 0 Å². The SMILES string of the molecule is c1nc(Oc2ccc3c(c2)CCC3)c2c3c(sc2n1)CCC3. The molecule has 0 atom stereocenters. The first-order valence-electron chi connectivity index (χ1n) is 7.93. The van der Waals surface area contributed by atoms with Crippen molar-refractivity contribution >= 4 is 21.6 Å². The van der Waals surface area contributed by atoms with Crippen molar-refractivity contribution < 1.29 is 4.74 Å². The summed E-state index contributed by atoms with van der Waals surface area (Å²) >= 11 is 1.80. The molecule has 0 saturated heterocycles. The van der Waals surface area contributed by atoms with Gasteiger partial charge in [-0.3, -0.25) is 0 Å². The highest BCUT2D eigenvalue weighted by molar-refractivity contribution is 7.18. The Bertz CT molecular complexity index is 884. The lowest BCUT2D eigenvalue weighted by molar-refractivity contribution is 0.467. The highest BCUT2D eigenvalue weighted by atomic mass is 32.1. The lowest BCUT2D eigenvalue weighted by Gasteiger charge is -2.08. The zero-order chi connectivity index (χ0) is 14.5.